The fourth-order valence-corrected chi connectivity index (χ4v) is 5.00. The third kappa shape index (κ3) is 3.82. The van der Waals surface area contributed by atoms with Crippen molar-refractivity contribution in [3.63, 3.8) is 0 Å². The summed E-state index contributed by atoms with van der Waals surface area (Å²) in [4.78, 5) is 14.7. The average molecular weight is 413 g/mol. The Kier molecular flexibility index (Phi) is 5.80. The van der Waals surface area contributed by atoms with Crippen LogP contribution >= 0.6 is 0 Å². The number of halogens is 1. The van der Waals surface area contributed by atoms with E-state index in [4.69, 9.17) is 9.47 Å². The molecular formula is C24H28FNO4. The Morgan fingerprint density at radius 1 is 1.20 bits per heavy atom. The van der Waals surface area contributed by atoms with E-state index in [2.05, 4.69) is 4.90 Å². The molecule has 1 spiro atoms. The monoisotopic (exact) mass is 413 g/mol. The Bertz CT molecular complexity index is 930. The van der Waals surface area contributed by atoms with Gasteiger partial charge in [0.25, 0.3) is 0 Å². The number of hydrogen-bond donors (Lipinski definition) is 1. The molecule has 2 unspecified atom stereocenters. The van der Waals surface area contributed by atoms with Gasteiger partial charge in [0.15, 0.2) is 17.3 Å². The van der Waals surface area contributed by atoms with Crippen LogP contribution in [0.2, 0.25) is 0 Å². The maximum Gasteiger partial charge on any atom is 0.162 e. The quantitative estimate of drug-likeness (QED) is 0.698. The number of Topliss-reactive ketones (excluding diaryl/α,β-unsaturated/α-hetero) is 1. The molecule has 4 rings (SSSR count). The third-order valence-electron chi connectivity index (χ3n) is 6.55. The number of ketones is 1. The maximum absolute atomic E-state index is 13.0. The summed E-state index contributed by atoms with van der Waals surface area (Å²) in [5.41, 5.74) is 2.55. The Labute approximate surface area is 176 Å². The molecule has 1 aliphatic carbocycles. The zero-order valence-electron chi connectivity index (χ0n) is 17.5. The van der Waals surface area contributed by atoms with E-state index in [-0.39, 0.29) is 17.0 Å². The second-order valence-electron chi connectivity index (χ2n) is 8.35. The Morgan fingerprint density at radius 3 is 2.60 bits per heavy atom. The van der Waals surface area contributed by atoms with E-state index >= 15 is 0 Å². The molecule has 0 saturated carbocycles. The van der Waals surface area contributed by atoms with Crippen molar-refractivity contribution in [1.82, 2.24) is 4.90 Å². The van der Waals surface area contributed by atoms with Gasteiger partial charge in [-0.25, -0.2) is 4.39 Å². The second kappa shape index (κ2) is 8.36. The molecule has 160 valence electrons. The topological polar surface area (TPSA) is 59.0 Å². The van der Waals surface area contributed by atoms with Gasteiger partial charge in [-0.3, -0.25) is 4.79 Å². The van der Waals surface area contributed by atoms with Crippen molar-refractivity contribution in [3.05, 3.63) is 58.9 Å². The van der Waals surface area contributed by atoms with Crippen LogP contribution in [0, 0.1) is 5.82 Å². The van der Waals surface area contributed by atoms with E-state index in [0.29, 0.717) is 29.9 Å². The largest absolute Gasteiger partial charge is 0.493 e. The molecule has 0 aromatic heterocycles. The lowest BCUT2D eigenvalue weighted by molar-refractivity contribution is 0.0975. The average Bonchev–Trinajstić information content (AvgIpc) is 3.27. The Hall–Kier alpha value is -2.44. The number of methoxy groups -OCH3 is 2. The molecule has 1 saturated heterocycles. The van der Waals surface area contributed by atoms with Gasteiger partial charge >= 0.3 is 0 Å². The summed E-state index contributed by atoms with van der Waals surface area (Å²) in [6.45, 7) is 2.62. The number of nitrogens with zero attached hydrogens (tertiary/aromatic N) is 1. The molecule has 0 radical (unpaired) electrons. The minimum absolute atomic E-state index is 0.0439. The smallest absolute Gasteiger partial charge is 0.162 e. The van der Waals surface area contributed by atoms with Gasteiger partial charge in [-0.15, -0.1) is 0 Å². The molecule has 2 aromatic carbocycles. The number of carbonyl (C=O) groups is 1. The zero-order valence-corrected chi connectivity index (χ0v) is 17.5. The first-order valence-corrected chi connectivity index (χ1v) is 10.4. The lowest BCUT2D eigenvalue weighted by atomic mass is 9.81. The van der Waals surface area contributed by atoms with E-state index < -0.39 is 6.10 Å². The molecule has 1 aliphatic heterocycles. The highest BCUT2D eigenvalue weighted by Crippen LogP contribution is 2.52. The SMILES string of the molecule is COc1cc2c(cc1OC)C1(CCN(CCCC(=O)c3ccc(F)cc3)C1)CC2O. The summed E-state index contributed by atoms with van der Waals surface area (Å²) < 4.78 is 23.9. The number of aliphatic hydroxyl groups excluding tert-OH is 1. The van der Waals surface area contributed by atoms with Gasteiger partial charge in [-0.2, -0.15) is 0 Å². The first kappa shape index (κ1) is 20.8. The minimum Gasteiger partial charge on any atom is -0.493 e. The van der Waals surface area contributed by atoms with Crippen LogP contribution < -0.4 is 9.47 Å². The van der Waals surface area contributed by atoms with Crippen molar-refractivity contribution >= 4 is 5.78 Å². The summed E-state index contributed by atoms with van der Waals surface area (Å²) in [6.07, 6.45) is 2.37. The van der Waals surface area contributed by atoms with E-state index in [0.717, 1.165) is 43.6 Å². The number of carbonyl (C=O) groups excluding carboxylic acids is 1. The minimum atomic E-state index is -0.500. The van der Waals surface area contributed by atoms with E-state index in [1.54, 1.807) is 26.4 Å². The lowest BCUT2D eigenvalue weighted by Gasteiger charge is -2.26. The molecule has 5 nitrogen and oxygen atoms in total. The van der Waals surface area contributed by atoms with Gasteiger partial charge in [-0.1, -0.05) is 0 Å². The van der Waals surface area contributed by atoms with Crippen LogP contribution in [-0.2, 0) is 5.41 Å². The van der Waals surface area contributed by atoms with Crippen LogP contribution in [0.15, 0.2) is 36.4 Å². The van der Waals surface area contributed by atoms with Gasteiger partial charge < -0.3 is 19.5 Å². The van der Waals surface area contributed by atoms with Crippen molar-refractivity contribution in [3.8, 4) is 11.5 Å². The number of aliphatic hydroxyl groups is 1. The van der Waals surface area contributed by atoms with Gasteiger partial charge in [0.1, 0.15) is 5.82 Å². The summed E-state index contributed by atoms with van der Waals surface area (Å²) in [7, 11) is 3.23. The Morgan fingerprint density at radius 2 is 1.90 bits per heavy atom. The second-order valence-corrected chi connectivity index (χ2v) is 8.35. The summed E-state index contributed by atoms with van der Waals surface area (Å²) >= 11 is 0. The number of benzene rings is 2. The van der Waals surface area contributed by atoms with Gasteiger partial charge in [-0.05, 0) is 79.9 Å². The third-order valence-corrected chi connectivity index (χ3v) is 6.55. The maximum atomic E-state index is 13.0. The number of fused-ring (bicyclic) bond motifs is 2. The predicted octanol–water partition coefficient (Wildman–Crippen LogP) is 3.89. The molecule has 1 heterocycles. The highest BCUT2D eigenvalue weighted by atomic mass is 19.1. The van der Waals surface area contributed by atoms with Crippen molar-refractivity contribution in [2.45, 2.75) is 37.2 Å². The van der Waals surface area contributed by atoms with Gasteiger partial charge in [0, 0.05) is 23.9 Å². The Balaban J connectivity index is 1.40. The zero-order chi connectivity index (χ0) is 21.3. The highest BCUT2D eigenvalue weighted by Gasteiger charge is 2.48. The number of hydrogen-bond acceptors (Lipinski definition) is 5. The van der Waals surface area contributed by atoms with Crippen molar-refractivity contribution in [2.75, 3.05) is 33.9 Å². The lowest BCUT2D eigenvalue weighted by Crippen LogP contribution is -2.30. The molecule has 0 bridgehead atoms. The predicted molar refractivity (Wildman–Crippen MR) is 112 cm³/mol. The van der Waals surface area contributed by atoms with E-state index in [1.807, 2.05) is 12.1 Å². The van der Waals surface area contributed by atoms with Crippen LogP contribution in [0.5, 0.6) is 11.5 Å². The standard InChI is InChI=1S/C24H28FNO4/c1-29-22-12-18-19(13-23(22)30-2)24(14-21(18)28)9-11-26(15-24)10-3-4-20(27)16-5-7-17(25)8-6-16/h5-8,12-13,21,28H,3-4,9-11,14-15H2,1-2H3. The summed E-state index contributed by atoms with van der Waals surface area (Å²) in [5, 5.41) is 10.7. The van der Waals surface area contributed by atoms with E-state index in [1.165, 1.54) is 12.1 Å². The van der Waals surface area contributed by atoms with Crippen LogP contribution in [0.4, 0.5) is 4.39 Å². The van der Waals surface area contributed by atoms with Crippen LogP contribution in [0.25, 0.3) is 0 Å². The van der Waals surface area contributed by atoms with Gasteiger partial charge in [0.05, 0.1) is 20.3 Å². The normalized spacial score (nSPS) is 23.0. The molecular weight excluding hydrogens is 385 g/mol. The van der Waals surface area contributed by atoms with Crippen LogP contribution in [-0.4, -0.2) is 49.6 Å². The number of ether oxygens (including phenoxy) is 2. The number of rotatable bonds is 7. The summed E-state index contributed by atoms with van der Waals surface area (Å²) in [5.74, 6) is 1.04. The molecule has 2 aromatic rings. The highest BCUT2D eigenvalue weighted by molar-refractivity contribution is 5.95. The van der Waals surface area contributed by atoms with Crippen LogP contribution in [0.3, 0.4) is 0 Å². The molecule has 2 atom stereocenters. The fourth-order valence-electron chi connectivity index (χ4n) is 5.00. The van der Waals surface area contributed by atoms with E-state index in [9.17, 15) is 14.3 Å². The van der Waals surface area contributed by atoms with Crippen LogP contribution in [0.1, 0.15) is 53.3 Å². The first-order chi connectivity index (χ1) is 14.5. The molecule has 1 N–H and O–H groups in total. The van der Waals surface area contributed by atoms with Crippen molar-refractivity contribution < 1.29 is 23.8 Å². The fraction of sp³-hybridized carbons (Fsp3) is 0.458. The van der Waals surface area contributed by atoms with Gasteiger partial charge in [0.2, 0.25) is 0 Å². The summed E-state index contributed by atoms with van der Waals surface area (Å²) in [6, 6.07) is 9.65. The van der Waals surface area contributed by atoms with Crippen molar-refractivity contribution in [2.24, 2.45) is 0 Å². The molecule has 30 heavy (non-hydrogen) atoms. The molecule has 0 amide bonds. The number of likely N-dealkylation sites (tertiary alicyclic amines) is 1. The van der Waals surface area contributed by atoms with Crippen molar-refractivity contribution in [1.29, 1.82) is 0 Å². The molecule has 2 aliphatic rings. The first-order valence-electron chi connectivity index (χ1n) is 10.4. The molecule has 6 heteroatoms. The molecule has 1 fully saturated rings.